The van der Waals surface area contributed by atoms with Crippen molar-refractivity contribution in [3.63, 3.8) is 0 Å². The van der Waals surface area contributed by atoms with E-state index in [4.69, 9.17) is 5.73 Å². The second-order valence-electron chi connectivity index (χ2n) is 4.61. The standard InChI is InChI=1S/C13H15N3S/c1-8-12(9-6-10(14)7-9)17-13(16-8)11-4-2-3-5-15-11/h2-5,9-10H,6-7,14H2,1H3. The van der Waals surface area contributed by atoms with Crippen molar-refractivity contribution in [1.82, 2.24) is 9.97 Å². The molecule has 1 aliphatic rings. The van der Waals surface area contributed by atoms with Gasteiger partial charge in [0, 0.05) is 17.1 Å². The van der Waals surface area contributed by atoms with E-state index in [9.17, 15) is 0 Å². The molecule has 2 heterocycles. The second kappa shape index (κ2) is 4.20. The van der Waals surface area contributed by atoms with Gasteiger partial charge in [-0.1, -0.05) is 6.07 Å². The lowest BCUT2D eigenvalue weighted by Gasteiger charge is -2.31. The molecule has 0 aliphatic heterocycles. The van der Waals surface area contributed by atoms with Crippen molar-refractivity contribution >= 4 is 11.3 Å². The molecule has 4 heteroatoms. The fourth-order valence-electron chi connectivity index (χ4n) is 2.26. The Kier molecular flexibility index (Phi) is 2.68. The van der Waals surface area contributed by atoms with Crippen LogP contribution in [0.2, 0.25) is 0 Å². The predicted molar refractivity (Wildman–Crippen MR) is 70.0 cm³/mol. The van der Waals surface area contributed by atoms with E-state index in [0.717, 1.165) is 29.2 Å². The molecule has 0 saturated heterocycles. The Morgan fingerprint density at radius 1 is 1.35 bits per heavy atom. The van der Waals surface area contributed by atoms with Crippen LogP contribution in [0.1, 0.15) is 29.3 Å². The molecule has 0 bridgehead atoms. The van der Waals surface area contributed by atoms with Gasteiger partial charge in [-0.05, 0) is 37.8 Å². The highest BCUT2D eigenvalue weighted by molar-refractivity contribution is 7.15. The van der Waals surface area contributed by atoms with Crippen molar-refractivity contribution < 1.29 is 0 Å². The highest BCUT2D eigenvalue weighted by Gasteiger charge is 2.30. The fourth-order valence-corrected chi connectivity index (χ4v) is 3.43. The van der Waals surface area contributed by atoms with Crippen LogP contribution in [0, 0.1) is 6.92 Å². The molecule has 0 unspecified atom stereocenters. The van der Waals surface area contributed by atoms with Gasteiger partial charge in [-0.3, -0.25) is 4.98 Å². The maximum absolute atomic E-state index is 5.85. The minimum absolute atomic E-state index is 0.389. The molecule has 1 fully saturated rings. The van der Waals surface area contributed by atoms with Crippen LogP contribution in [-0.2, 0) is 0 Å². The quantitative estimate of drug-likeness (QED) is 0.885. The van der Waals surface area contributed by atoms with Crippen molar-refractivity contribution in [1.29, 1.82) is 0 Å². The minimum atomic E-state index is 0.389. The summed E-state index contributed by atoms with van der Waals surface area (Å²) in [6.07, 6.45) is 4.01. The van der Waals surface area contributed by atoms with Gasteiger partial charge in [-0.15, -0.1) is 11.3 Å². The smallest absolute Gasteiger partial charge is 0.142 e. The first kappa shape index (κ1) is 10.9. The second-order valence-corrected chi connectivity index (χ2v) is 5.64. The maximum Gasteiger partial charge on any atom is 0.142 e. The number of nitrogens with zero attached hydrogens (tertiary/aromatic N) is 2. The van der Waals surface area contributed by atoms with Crippen molar-refractivity contribution in [3.8, 4) is 10.7 Å². The molecular formula is C13H15N3S. The van der Waals surface area contributed by atoms with Crippen LogP contribution in [0.25, 0.3) is 10.7 Å². The van der Waals surface area contributed by atoms with E-state index in [2.05, 4.69) is 16.9 Å². The molecular weight excluding hydrogens is 230 g/mol. The Labute approximate surface area is 105 Å². The summed E-state index contributed by atoms with van der Waals surface area (Å²) >= 11 is 1.77. The van der Waals surface area contributed by atoms with Crippen LogP contribution in [0.15, 0.2) is 24.4 Å². The summed E-state index contributed by atoms with van der Waals surface area (Å²) in [7, 11) is 0. The van der Waals surface area contributed by atoms with Crippen molar-refractivity contribution in [2.45, 2.75) is 31.7 Å². The third kappa shape index (κ3) is 1.98. The lowest BCUT2D eigenvalue weighted by Crippen LogP contribution is -2.34. The molecule has 88 valence electrons. The Morgan fingerprint density at radius 2 is 2.18 bits per heavy atom. The maximum atomic E-state index is 5.85. The lowest BCUT2D eigenvalue weighted by molar-refractivity contribution is 0.354. The molecule has 1 saturated carbocycles. The van der Waals surface area contributed by atoms with Gasteiger partial charge in [0.25, 0.3) is 0 Å². The Bertz CT molecular complexity index is 515. The van der Waals surface area contributed by atoms with E-state index in [1.54, 1.807) is 11.3 Å². The van der Waals surface area contributed by atoms with E-state index in [1.807, 2.05) is 24.4 Å². The predicted octanol–water partition coefficient (Wildman–Crippen LogP) is 2.72. The van der Waals surface area contributed by atoms with Crippen molar-refractivity contribution in [3.05, 3.63) is 35.0 Å². The SMILES string of the molecule is Cc1nc(-c2ccccn2)sc1C1CC(N)C1. The molecule has 2 N–H and O–H groups in total. The molecule has 0 amide bonds. The van der Waals surface area contributed by atoms with Gasteiger partial charge < -0.3 is 5.73 Å². The van der Waals surface area contributed by atoms with Gasteiger partial charge >= 0.3 is 0 Å². The molecule has 0 atom stereocenters. The first-order valence-electron chi connectivity index (χ1n) is 5.88. The number of rotatable bonds is 2. The first-order chi connectivity index (χ1) is 8.24. The zero-order chi connectivity index (χ0) is 11.8. The molecule has 1 aliphatic carbocycles. The third-order valence-corrected chi connectivity index (χ3v) is 4.60. The van der Waals surface area contributed by atoms with Gasteiger partial charge in [0.15, 0.2) is 0 Å². The lowest BCUT2D eigenvalue weighted by atomic mass is 9.79. The molecule has 3 nitrogen and oxygen atoms in total. The minimum Gasteiger partial charge on any atom is -0.328 e. The number of pyridine rings is 1. The third-order valence-electron chi connectivity index (χ3n) is 3.26. The van der Waals surface area contributed by atoms with Crippen molar-refractivity contribution in [2.24, 2.45) is 5.73 Å². The van der Waals surface area contributed by atoms with Crippen molar-refractivity contribution in [2.75, 3.05) is 0 Å². The Morgan fingerprint density at radius 3 is 2.82 bits per heavy atom. The molecule has 0 radical (unpaired) electrons. The molecule has 0 spiro atoms. The number of thiazole rings is 1. The summed E-state index contributed by atoms with van der Waals surface area (Å²) in [5, 5.41) is 1.03. The summed E-state index contributed by atoms with van der Waals surface area (Å²) in [5.41, 5.74) is 7.96. The monoisotopic (exact) mass is 245 g/mol. The summed E-state index contributed by atoms with van der Waals surface area (Å²) < 4.78 is 0. The number of aromatic nitrogens is 2. The normalized spacial score (nSPS) is 23.4. The number of aryl methyl sites for hydroxylation is 1. The zero-order valence-corrected chi connectivity index (χ0v) is 10.6. The van der Waals surface area contributed by atoms with E-state index in [0.29, 0.717) is 12.0 Å². The highest BCUT2D eigenvalue weighted by atomic mass is 32.1. The number of hydrogen-bond donors (Lipinski definition) is 1. The summed E-state index contributed by atoms with van der Waals surface area (Å²) in [6.45, 7) is 2.09. The Hall–Kier alpha value is -1.26. The van der Waals surface area contributed by atoms with E-state index in [1.165, 1.54) is 4.88 Å². The van der Waals surface area contributed by atoms with E-state index < -0.39 is 0 Å². The zero-order valence-electron chi connectivity index (χ0n) is 9.76. The Balaban J connectivity index is 1.91. The van der Waals surface area contributed by atoms with Crippen LogP contribution in [0.3, 0.4) is 0 Å². The average Bonchev–Trinajstić information content (AvgIpc) is 2.68. The van der Waals surface area contributed by atoms with Gasteiger partial charge in [-0.2, -0.15) is 0 Å². The summed E-state index contributed by atoms with van der Waals surface area (Å²) in [5.74, 6) is 0.625. The summed E-state index contributed by atoms with van der Waals surface area (Å²) in [4.78, 5) is 10.4. The molecule has 0 aromatic carbocycles. The molecule has 17 heavy (non-hydrogen) atoms. The van der Waals surface area contributed by atoms with E-state index >= 15 is 0 Å². The average molecular weight is 245 g/mol. The fraction of sp³-hybridized carbons (Fsp3) is 0.385. The molecule has 2 aromatic rings. The van der Waals surface area contributed by atoms with Crippen LogP contribution in [0.4, 0.5) is 0 Å². The van der Waals surface area contributed by atoms with Crippen LogP contribution in [-0.4, -0.2) is 16.0 Å². The molecule has 3 rings (SSSR count). The van der Waals surface area contributed by atoms with E-state index in [-0.39, 0.29) is 0 Å². The van der Waals surface area contributed by atoms with Crippen LogP contribution in [0.5, 0.6) is 0 Å². The molecule has 2 aromatic heterocycles. The largest absolute Gasteiger partial charge is 0.328 e. The van der Waals surface area contributed by atoms with Gasteiger partial charge in [0.1, 0.15) is 5.01 Å². The van der Waals surface area contributed by atoms with Crippen LogP contribution >= 0.6 is 11.3 Å². The summed E-state index contributed by atoms with van der Waals surface area (Å²) in [6, 6.07) is 6.32. The van der Waals surface area contributed by atoms with Gasteiger partial charge in [0.2, 0.25) is 0 Å². The van der Waals surface area contributed by atoms with Gasteiger partial charge in [0.05, 0.1) is 11.4 Å². The van der Waals surface area contributed by atoms with Crippen LogP contribution < -0.4 is 5.73 Å². The number of nitrogens with two attached hydrogens (primary N) is 1. The van der Waals surface area contributed by atoms with Gasteiger partial charge in [-0.25, -0.2) is 4.98 Å². The first-order valence-corrected chi connectivity index (χ1v) is 6.70. The highest BCUT2D eigenvalue weighted by Crippen LogP contribution is 2.41. The number of hydrogen-bond acceptors (Lipinski definition) is 4. The topological polar surface area (TPSA) is 51.8 Å².